The molecule has 0 spiro atoms. The molecule has 5 fully saturated rings. The third kappa shape index (κ3) is 7.24. The Labute approximate surface area is 223 Å². The Morgan fingerprint density at radius 1 is 1.19 bits per heavy atom. The van der Waals surface area contributed by atoms with Crippen LogP contribution >= 0.6 is 0 Å². The molecule has 3 saturated heterocycles. The molecule has 9 nitrogen and oxygen atoms in total. The fourth-order valence-corrected chi connectivity index (χ4v) is 7.28. The van der Waals surface area contributed by atoms with Crippen molar-refractivity contribution >= 4 is 5.91 Å². The fourth-order valence-electron chi connectivity index (χ4n) is 7.28. The molecule has 3 heterocycles. The molecule has 212 valence electrons. The number of likely N-dealkylation sites (tertiary alicyclic amines) is 1. The zero-order valence-corrected chi connectivity index (χ0v) is 23.0. The third-order valence-electron chi connectivity index (χ3n) is 10.1. The summed E-state index contributed by atoms with van der Waals surface area (Å²) in [5, 5.41) is 20.9. The van der Waals surface area contributed by atoms with Gasteiger partial charge in [-0.2, -0.15) is 5.48 Å². The van der Waals surface area contributed by atoms with E-state index in [0.717, 1.165) is 52.1 Å². The van der Waals surface area contributed by atoms with Crippen molar-refractivity contribution in [1.29, 1.82) is 0 Å². The van der Waals surface area contributed by atoms with Crippen LogP contribution in [-0.4, -0.2) is 92.3 Å². The van der Waals surface area contributed by atoms with Crippen LogP contribution in [-0.2, 0) is 14.4 Å². The molecule has 2 aliphatic carbocycles. The monoisotopic (exact) mass is 521 g/mol. The second kappa shape index (κ2) is 13.0. The standard InChI is InChI=1S/C28H51N5O4/c1-18-25-9-11-33(14-21(25)6-7-26(18)36-16-22-17-37-32-19(22)2)15-24(34)13-30-28(35)20-8-10-29-27(12-20)31-23-4-3-5-23/h18-27,29,31-32,34H,3-17H2,1-2H3,(H,30,35)/t18?,19?,20?,21?,22?,24-,25?,26?,27?/m0/s1. The highest BCUT2D eigenvalue weighted by Gasteiger charge is 2.41. The van der Waals surface area contributed by atoms with Crippen molar-refractivity contribution in [2.24, 2.45) is 29.6 Å². The van der Waals surface area contributed by atoms with Gasteiger partial charge in [-0.1, -0.05) is 13.3 Å². The molecule has 0 aromatic heterocycles. The Bertz CT molecular complexity index is 739. The second-order valence-electron chi connectivity index (χ2n) is 12.7. The van der Waals surface area contributed by atoms with Crippen molar-refractivity contribution in [1.82, 2.24) is 26.3 Å². The Balaban J connectivity index is 0.993. The Hall–Kier alpha value is -0.810. The molecular formula is C28H51N5O4. The Morgan fingerprint density at radius 3 is 2.81 bits per heavy atom. The first-order chi connectivity index (χ1) is 18.0. The number of ether oxygens (including phenoxy) is 1. The molecule has 5 rings (SSSR count). The van der Waals surface area contributed by atoms with Crippen LogP contribution in [0.25, 0.3) is 0 Å². The summed E-state index contributed by atoms with van der Waals surface area (Å²) in [5.41, 5.74) is 3.04. The minimum Gasteiger partial charge on any atom is -0.390 e. The maximum atomic E-state index is 12.8. The number of carbonyl (C=O) groups is 1. The van der Waals surface area contributed by atoms with E-state index in [4.69, 9.17) is 9.57 Å². The lowest BCUT2D eigenvalue weighted by atomic mass is 9.68. The summed E-state index contributed by atoms with van der Waals surface area (Å²) in [6.07, 6.45) is 9.06. The zero-order valence-electron chi connectivity index (χ0n) is 23.0. The van der Waals surface area contributed by atoms with Gasteiger partial charge in [0.05, 0.1) is 31.6 Å². The van der Waals surface area contributed by atoms with Gasteiger partial charge in [0.2, 0.25) is 5.91 Å². The number of aliphatic hydroxyl groups excluding tert-OH is 1. The molecule has 8 unspecified atom stereocenters. The number of hydrogen-bond donors (Lipinski definition) is 5. The van der Waals surface area contributed by atoms with Crippen LogP contribution < -0.4 is 21.4 Å². The van der Waals surface area contributed by atoms with Gasteiger partial charge in [0, 0.05) is 43.6 Å². The quantitative estimate of drug-likeness (QED) is 0.292. The molecule has 37 heavy (non-hydrogen) atoms. The highest BCUT2D eigenvalue weighted by Crippen LogP contribution is 2.41. The van der Waals surface area contributed by atoms with Crippen molar-refractivity contribution in [3.8, 4) is 0 Å². The van der Waals surface area contributed by atoms with Crippen LogP contribution in [0.15, 0.2) is 0 Å². The fraction of sp³-hybridized carbons (Fsp3) is 0.964. The van der Waals surface area contributed by atoms with E-state index in [1.807, 2.05) is 0 Å². The lowest BCUT2D eigenvalue weighted by Gasteiger charge is -2.47. The molecule has 9 atom stereocenters. The van der Waals surface area contributed by atoms with E-state index in [9.17, 15) is 9.90 Å². The van der Waals surface area contributed by atoms with Crippen LogP contribution in [0.1, 0.15) is 65.2 Å². The minimum absolute atomic E-state index is 0.0290. The normalized spacial score (nSPS) is 40.1. The molecule has 5 N–H and O–H groups in total. The number of hydrogen-bond acceptors (Lipinski definition) is 8. The number of rotatable bonds is 10. The molecule has 0 aromatic rings. The van der Waals surface area contributed by atoms with Gasteiger partial charge in [0.25, 0.3) is 0 Å². The van der Waals surface area contributed by atoms with Crippen molar-refractivity contribution in [2.75, 3.05) is 45.9 Å². The maximum Gasteiger partial charge on any atom is 0.223 e. The van der Waals surface area contributed by atoms with Crippen LogP contribution in [0, 0.1) is 29.6 Å². The van der Waals surface area contributed by atoms with Gasteiger partial charge in [-0.15, -0.1) is 0 Å². The number of carbonyl (C=O) groups excluding carboxylic acids is 1. The lowest BCUT2D eigenvalue weighted by Crippen LogP contribution is -2.55. The first kappa shape index (κ1) is 27.7. The van der Waals surface area contributed by atoms with Crippen molar-refractivity contribution < 1.29 is 19.5 Å². The van der Waals surface area contributed by atoms with Crippen molar-refractivity contribution in [3.05, 3.63) is 0 Å². The van der Waals surface area contributed by atoms with Gasteiger partial charge in [0.15, 0.2) is 0 Å². The van der Waals surface area contributed by atoms with E-state index in [-0.39, 0.29) is 18.0 Å². The molecule has 0 bridgehead atoms. The summed E-state index contributed by atoms with van der Waals surface area (Å²) in [6.45, 7) is 9.98. The predicted octanol–water partition coefficient (Wildman–Crippen LogP) is 1.22. The molecule has 0 aromatic carbocycles. The summed E-state index contributed by atoms with van der Waals surface area (Å²) < 4.78 is 6.41. The minimum atomic E-state index is -0.521. The first-order valence-electron chi connectivity index (χ1n) is 15.1. The van der Waals surface area contributed by atoms with E-state index in [1.54, 1.807) is 0 Å². The van der Waals surface area contributed by atoms with Crippen LogP contribution in [0.5, 0.6) is 0 Å². The van der Waals surface area contributed by atoms with Gasteiger partial charge in [-0.25, -0.2) is 0 Å². The van der Waals surface area contributed by atoms with Crippen LogP contribution in [0.3, 0.4) is 0 Å². The van der Waals surface area contributed by atoms with E-state index in [0.29, 0.717) is 54.9 Å². The lowest BCUT2D eigenvalue weighted by molar-refractivity contribution is -0.126. The molecule has 5 aliphatic rings. The molecule has 1 amide bonds. The SMILES string of the molecule is CC1NOCC1COC1CCC2CN(C[C@@H](O)CNC(=O)C3CCNC(NC4CCC4)C3)CCC2C1C. The Morgan fingerprint density at radius 2 is 2.05 bits per heavy atom. The number of amides is 1. The van der Waals surface area contributed by atoms with Gasteiger partial charge in [0.1, 0.15) is 0 Å². The molecule has 3 aliphatic heterocycles. The van der Waals surface area contributed by atoms with Crippen molar-refractivity contribution in [3.63, 3.8) is 0 Å². The molecular weight excluding hydrogens is 470 g/mol. The van der Waals surface area contributed by atoms with E-state index >= 15 is 0 Å². The van der Waals surface area contributed by atoms with E-state index in [1.165, 1.54) is 32.1 Å². The first-order valence-corrected chi connectivity index (χ1v) is 15.1. The average Bonchev–Trinajstić information content (AvgIpc) is 3.29. The smallest absolute Gasteiger partial charge is 0.223 e. The number of fused-ring (bicyclic) bond motifs is 1. The number of nitrogens with one attached hydrogen (secondary N) is 4. The molecule has 0 radical (unpaired) electrons. The summed E-state index contributed by atoms with van der Waals surface area (Å²) in [4.78, 5) is 20.6. The third-order valence-corrected chi connectivity index (χ3v) is 10.1. The van der Waals surface area contributed by atoms with Gasteiger partial charge in [-0.3, -0.25) is 10.1 Å². The van der Waals surface area contributed by atoms with Gasteiger partial charge in [-0.05, 0) is 82.7 Å². The van der Waals surface area contributed by atoms with E-state index in [2.05, 4.69) is 40.2 Å². The highest BCUT2D eigenvalue weighted by atomic mass is 16.7. The zero-order chi connectivity index (χ0) is 25.8. The predicted molar refractivity (Wildman–Crippen MR) is 143 cm³/mol. The average molecular weight is 522 g/mol. The van der Waals surface area contributed by atoms with Gasteiger partial charge < -0.3 is 30.2 Å². The van der Waals surface area contributed by atoms with Crippen LogP contribution in [0.4, 0.5) is 0 Å². The number of piperidine rings is 2. The van der Waals surface area contributed by atoms with E-state index < -0.39 is 6.10 Å². The number of nitrogens with zero attached hydrogens (tertiary/aromatic N) is 1. The van der Waals surface area contributed by atoms with Crippen molar-refractivity contribution in [2.45, 2.75) is 95.7 Å². The topological polar surface area (TPSA) is 107 Å². The maximum absolute atomic E-state index is 12.8. The largest absolute Gasteiger partial charge is 0.390 e. The van der Waals surface area contributed by atoms with Gasteiger partial charge >= 0.3 is 0 Å². The Kier molecular flexibility index (Phi) is 9.77. The summed E-state index contributed by atoms with van der Waals surface area (Å²) in [5.74, 6) is 2.51. The summed E-state index contributed by atoms with van der Waals surface area (Å²) >= 11 is 0. The second-order valence-corrected chi connectivity index (χ2v) is 12.7. The van der Waals surface area contributed by atoms with Crippen LogP contribution in [0.2, 0.25) is 0 Å². The molecule has 9 heteroatoms. The number of β-amino-alcohol motifs (C(OH)–C–C–N with tert-alkyl or cyclic N) is 1. The summed E-state index contributed by atoms with van der Waals surface area (Å²) in [7, 11) is 0. The molecule has 2 saturated carbocycles. The number of hydroxylamine groups is 1. The highest BCUT2D eigenvalue weighted by molar-refractivity contribution is 5.78. The number of aliphatic hydroxyl groups is 1. The summed E-state index contributed by atoms with van der Waals surface area (Å²) in [6, 6.07) is 0.973.